The van der Waals surface area contributed by atoms with Gasteiger partial charge in [-0.3, -0.25) is 4.79 Å². The zero-order chi connectivity index (χ0) is 19.6. The van der Waals surface area contributed by atoms with Crippen molar-refractivity contribution in [3.05, 3.63) is 60.2 Å². The molecule has 0 bridgehead atoms. The quantitative estimate of drug-likeness (QED) is 0.417. The lowest BCUT2D eigenvalue weighted by atomic mass is 10.2. The van der Waals surface area contributed by atoms with E-state index in [0.717, 1.165) is 0 Å². The molecule has 2 rings (SSSR count). The van der Waals surface area contributed by atoms with Crippen LogP contribution >= 0.6 is 0 Å². The Morgan fingerprint density at radius 1 is 1.07 bits per heavy atom. The third-order valence-corrected chi connectivity index (χ3v) is 3.56. The van der Waals surface area contributed by atoms with Crippen molar-refractivity contribution in [2.45, 2.75) is 0 Å². The van der Waals surface area contributed by atoms with Gasteiger partial charge in [0.1, 0.15) is 12.4 Å². The van der Waals surface area contributed by atoms with Crippen LogP contribution in [0, 0.1) is 0 Å². The summed E-state index contributed by atoms with van der Waals surface area (Å²) in [5, 5.41) is 3.99. The van der Waals surface area contributed by atoms with Crippen molar-refractivity contribution in [2.75, 3.05) is 27.9 Å². The number of nitrogens with one attached hydrogen (secondary N) is 1. The first-order chi connectivity index (χ1) is 13.1. The number of para-hydroxylation sites is 1. The van der Waals surface area contributed by atoms with Crippen LogP contribution in [0.5, 0.6) is 23.0 Å². The van der Waals surface area contributed by atoms with E-state index in [1.54, 1.807) is 42.5 Å². The van der Waals surface area contributed by atoms with Crippen LogP contribution in [0.1, 0.15) is 15.9 Å². The minimum atomic E-state index is -0.390. The smallest absolute Gasteiger partial charge is 0.275 e. The normalized spacial score (nSPS) is 10.3. The van der Waals surface area contributed by atoms with Crippen molar-refractivity contribution < 1.29 is 23.7 Å². The minimum absolute atomic E-state index is 0.305. The largest absolute Gasteiger partial charge is 0.493 e. The first-order valence-corrected chi connectivity index (χ1v) is 8.10. The second kappa shape index (κ2) is 9.86. The molecule has 0 heterocycles. The van der Waals surface area contributed by atoms with Gasteiger partial charge in [0, 0.05) is 5.56 Å². The van der Waals surface area contributed by atoms with E-state index in [1.807, 2.05) is 0 Å². The summed E-state index contributed by atoms with van der Waals surface area (Å²) in [5.41, 5.74) is 3.52. The van der Waals surface area contributed by atoms with Gasteiger partial charge in [-0.15, -0.1) is 0 Å². The topological polar surface area (TPSA) is 78.4 Å². The lowest BCUT2D eigenvalue weighted by molar-refractivity contribution is 0.0951. The average Bonchev–Trinajstić information content (AvgIpc) is 2.71. The van der Waals surface area contributed by atoms with Crippen molar-refractivity contribution in [2.24, 2.45) is 5.10 Å². The van der Waals surface area contributed by atoms with Crippen molar-refractivity contribution in [3.8, 4) is 23.0 Å². The van der Waals surface area contributed by atoms with E-state index in [0.29, 0.717) is 40.7 Å². The second-order valence-corrected chi connectivity index (χ2v) is 5.25. The van der Waals surface area contributed by atoms with E-state index < -0.39 is 5.91 Å². The zero-order valence-electron chi connectivity index (χ0n) is 15.5. The number of benzene rings is 2. The molecule has 0 aliphatic rings. The summed E-state index contributed by atoms with van der Waals surface area (Å²) >= 11 is 0. The molecule has 7 nitrogen and oxygen atoms in total. The van der Waals surface area contributed by atoms with Gasteiger partial charge in [-0.25, -0.2) is 5.43 Å². The lowest BCUT2D eigenvalue weighted by Gasteiger charge is -2.12. The van der Waals surface area contributed by atoms with Gasteiger partial charge in [-0.1, -0.05) is 24.8 Å². The summed E-state index contributed by atoms with van der Waals surface area (Å²) in [6, 6.07) is 10.3. The molecule has 0 atom stereocenters. The molecule has 0 spiro atoms. The highest BCUT2D eigenvalue weighted by molar-refractivity contribution is 5.97. The van der Waals surface area contributed by atoms with Crippen molar-refractivity contribution in [1.82, 2.24) is 5.43 Å². The molecule has 0 aromatic heterocycles. The zero-order valence-corrected chi connectivity index (χ0v) is 15.5. The molecule has 0 aliphatic carbocycles. The molecule has 7 heteroatoms. The monoisotopic (exact) mass is 370 g/mol. The van der Waals surface area contributed by atoms with E-state index in [-0.39, 0.29) is 0 Å². The molecule has 0 saturated heterocycles. The first-order valence-electron chi connectivity index (χ1n) is 8.10. The van der Waals surface area contributed by atoms with Crippen molar-refractivity contribution >= 4 is 12.1 Å². The molecule has 2 aromatic rings. The molecule has 0 saturated carbocycles. The van der Waals surface area contributed by atoms with Gasteiger partial charge in [0.25, 0.3) is 5.91 Å². The van der Waals surface area contributed by atoms with Crippen LogP contribution in [0.4, 0.5) is 0 Å². The Labute approximate surface area is 158 Å². The highest BCUT2D eigenvalue weighted by Crippen LogP contribution is 2.37. The maximum absolute atomic E-state index is 12.4. The fourth-order valence-corrected chi connectivity index (χ4v) is 2.33. The number of carbonyl (C=O) groups is 1. The van der Waals surface area contributed by atoms with Crippen LogP contribution in [-0.2, 0) is 0 Å². The molecule has 1 N–H and O–H groups in total. The molecule has 142 valence electrons. The average molecular weight is 370 g/mol. The van der Waals surface area contributed by atoms with Gasteiger partial charge in [-0.2, -0.15) is 5.10 Å². The number of amides is 1. The maximum atomic E-state index is 12.4. The van der Waals surface area contributed by atoms with Crippen molar-refractivity contribution in [3.63, 3.8) is 0 Å². The summed E-state index contributed by atoms with van der Waals surface area (Å²) in [4.78, 5) is 12.4. The van der Waals surface area contributed by atoms with Crippen LogP contribution in [-0.4, -0.2) is 40.1 Å². The van der Waals surface area contributed by atoms with Crippen LogP contribution < -0.4 is 24.4 Å². The third kappa shape index (κ3) is 5.01. The fraction of sp³-hybridized carbons (Fsp3) is 0.200. The number of nitrogens with zero attached hydrogens (tertiary/aromatic N) is 1. The van der Waals surface area contributed by atoms with Gasteiger partial charge in [-0.05, 0) is 24.3 Å². The van der Waals surface area contributed by atoms with Gasteiger partial charge in [0.2, 0.25) is 5.75 Å². The molecule has 1 amide bonds. The SMILES string of the molecule is C=CCOc1ccccc1C(=O)NN=Cc1cc(OC)c(OC)c(OC)c1. The summed E-state index contributed by atoms with van der Waals surface area (Å²) in [6.45, 7) is 3.90. The first kappa shape index (κ1) is 19.8. The molecule has 0 fully saturated rings. The Bertz CT molecular complexity index is 808. The van der Waals surface area contributed by atoms with Gasteiger partial charge < -0.3 is 18.9 Å². The second-order valence-electron chi connectivity index (χ2n) is 5.25. The molecule has 0 aliphatic heterocycles. The number of rotatable bonds is 9. The van der Waals surface area contributed by atoms with E-state index >= 15 is 0 Å². The maximum Gasteiger partial charge on any atom is 0.275 e. The van der Waals surface area contributed by atoms with Crippen LogP contribution in [0.2, 0.25) is 0 Å². The number of methoxy groups -OCH3 is 3. The standard InChI is InChI=1S/C20H22N2O5/c1-5-10-27-16-9-7-6-8-15(16)20(23)22-21-13-14-11-17(24-2)19(26-4)18(12-14)25-3/h5-9,11-13H,1,10H2,2-4H3,(H,22,23). The highest BCUT2D eigenvalue weighted by Gasteiger charge is 2.13. The van der Waals surface area contributed by atoms with E-state index in [2.05, 4.69) is 17.1 Å². The van der Waals surface area contributed by atoms with Gasteiger partial charge >= 0.3 is 0 Å². The van der Waals surface area contributed by atoms with E-state index in [4.69, 9.17) is 18.9 Å². The molecule has 27 heavy (non-hydrogen) atoms. The summed E-state index contributed by atoms with van der Waals surface area (Å²) in [5.74, 6) is 1.53. The summed E-state index contributed by atoms with van der Waals surface area (Å²) < 4.78 is 21.3. The predicted molar refractivity (Wildman–Crippen MR) is 103 cm³/mol. The lowest BCUT2D eigenvalue weighted by Crippen LogP contribution is -2.18. The Morgan fingerprint density at radius 3 is 2.33 bits per heavy atom. The Morgan fingerprint density at radius 2 is 1.74 bits per heavy atom. The number of carbonyl (C=O) groups excluding carboxylic acids is 1. The molecule has 0 radical (unpaired) electrons. The Kier molecular flexibility index (Phi) is 7.25. The molecular formula is C20H22N2O5. The fourth-order valence-electron chi connectivity index (χ4n) is 2.33. The Hall–Kier alpha value is -3.48. The number of hydrazone groups is 1. The summed E-state index contributed by atoms with van der Waals surface area (Å²) in [6.07, 6.45) is 3.09. The molecule has 0 unspecified atom stereocenters. The number of hydrogen-bond acceptors (Lipinski definition) is 6. The van der Waals surface area contributed by atoms with E-state index in [9.17, 15) is 4.79 Å². The van der Waals surface area contributed by atoms with Crippen LogP contribution in [0.15, 0.2) is 54.2 Å². The van der Waals surface area contributed by atoms with Crippen molar-refractivity contribution in [1.29, 1.82) is 0 Å². The summed E-state index contributed by atoms with van der Waals surface area (Å²) in [7, 11) is 4.58. The van der Waals surface area contributed by atoms with Crippen LogP contribution in [0.25, 0.3) is 0 Å². The van der Waals surface area contributed by atoms with E-state index in [1.165, 1.54) is 27.5 Å². The third-order valence-electron chi connectivity index (χ3n) is 3.56. The molecular weight excluding hydrogens is 348 g/mol. The Balaban J connectivity index is 2.16. The van der Waals surface area contributed by atoms with Gasteiger partial charge in [0.05, 0.1) is 33.1 Å². The minimum Gasteiger partial charge on any atom is -0.493 e. The van der Waals surface area contributed by atoms with Gasteiger partial charge in [0.15, 0.2) is 11.5 Å². The highest BCUT2D eigenvalue weighted by atomic mass is 16.5. The number of hydrogen-bond donors (Lipinski definition) is 1. The predicted octanol–water partition coefficient (Wildman–Crippen LogP) is 3.04. The van der Waals surface area contributed by atoms with Crippen LogP contribution in [0.3, 0.4) is 0 Å². The molecule has 2 aromatic carbocycles. The number of ether oxygens (including phenoxy) is 4.